The number of aliphatic carboxylic acids is 1. The molecule has 0 heterocycles. The fourth-order valence-corrected chi connectivity index (χ4v) is 2.46. The number of hydrogen-bond acceptors (Lipinski definition) is 3. The Morgan fingerprint density at radius 1 is 1.44 bits per heavy atom. The Balaban J connectivity index is 2.64. The summed E-state index contributed by atoms with van der Waals surface area (Å²) in [7, 11) is 1.68. The Kier molecular flexibility index (Phi) is 5.22. The monoisotopic (exact) mass is 229 g/mol. The number of carboxylic acids is 1. The molecular formula is C12H23NO3. The fourth-order valence-electron chi connectivity index (χ4n) is 2.46. The number of carbonyl (C=O) groups is 1. The average Bonchev–Trinajstić information content (AvgIpc) is 2.76. The van der Waals surface area contributed by atoms with Crippen LogP contribution in [0.5, 0.6) is 0 Å². The molecule has 1 fully saturated rings. The normalized spacial score (nSPS) is 21.2. The highest BCUT2D eigenvalue weighted by Gasteiger charge is 2.30. The number of nitrogens with zero attached hydrogens (tertiary/aromatic N) is 1. The van der Waals surface area contributed by atoms with Crippen molar-refractivity contribution in [3.63, 3.8) is 0 Å². The van der Waals surface area contributed by atoms with Crippen LogP contribution in [0.4, 0.5) is 0 Å². The quantitative estimate of drug-likeness (QED) is 0.753. The molecule has 0 saturated heterocycles. The van der Waals surface area contributed by atoms with Crippen LogP contribution in [-0.2, 0) is 9.53 Å². The Bertz CT molecular complexity index is 226. The Morgan fingerprint density at radius 3 is 2.44 bits per heavy atom. The van der Waals surface area contributed by atoms with Gasteiger partial charge in [-0.3, -0.25) is 9.69 Å². The molecule has 1 aliphatic rings. The van der Waals surface area contributed by atoms with E-state index in [4.69, 9.17) is 9.84 Å². The third-order valence-corrected chi connectivity index (χ3v) is 3.69. The van der Waals surface area contributed by atoms with Gasteiger partial charge in [-0.05, 0) is 26.7 Å². The van der Waals surface area contributed by atoms with Crippen molar-refractivity contribution in [2.45, 2.75) is 57.7 Å². The molecule has 1 aliphatic carbocycles. The lowest BCUT2D eigenvalue weighted by Gasteiger charge is -2.35. The van der Waals surface area contributed by atoms with Crippen molar-refractivity contribution in [1.82, 2.24) is 4.90 Å². The van der Waals surface area contributed by atoms with Crippen LogP contribution in [0, 0.1) is 0 Å². The van der Waals surface area contributed by atoms with Crippen molar-refractivity contribution in [3.8, 4) is 0 Å². The van der Waals surface area contributed by atoms with Crippen molar-refractivity contribution in [1.29, 1.82) is 0 Å². The van der Waals surface area contributed by atoms with E-state index >= 15 is 0 Å². The minimum atomic E-state index is -0.748. The summed E-state index contributed by atoms with van der Waals surface area (Å²) >= 11 is 0. The summed E-state index contributed by atoms with van der Waals surface area (Å²) in [5, 5.41) is 8.97. The molecule has 0 amide bonds. The second-order valence-electron chi connectivity index (χ2n) is 4.69. The lowest BCUT2D eigenvalue weighted by molar-refractivity contribution is -0.140. The SMILES string of the molecule is COC(C)C(C)N(CC(=O)O)C1CCCC1. The molecule has 0 aliphatic heterocycles. The summed E-state index contributed by atoms with van der Waals surface area (Å²) in [4.78, 5) is 13.0. The molecule has 16 heavy (non-hydrogen) atoms. The van der Waals surface area contributed by atoms with Crippen molar-refractivity contribution in [3.05, 3.63) is 0 Å². The number of ether oxygens (including phenoxy) is 1. The summed E-state index contributed by atoms with van der Waals surface area (Å²) in [6.45, 7) is 4.17. The van der Waals surface area contributed by atoms with Crippen LogP contribution in [0.1, 0.15) is 39.5 Å². The Labute approximate surface area is 97.6 Å². The summed E-state index contributed by atoms with van der Waals surface area (Å²) in [6.07, 6.45) is 4.74. The first-order chi connectivity index (χ1) is 7.56. The summed E-state index contributed by atoms with van der Waals surface area (Å²) in [6, 6.07) is 0.577. The second kappa shape index (κ2) is 6.21. The number of methoxy groups -OCH3 is 1. The van der Waals surface area contributed by atoms with Crippen LogP contribution in [0.3, 0.4) is 0 Å². The number of hydrogen-bond donors (Lipinski definition) is 1. The summed E-state index contributed by atoms with van der Waals surface area (Å²) in [5.41, 5.74) is 0. The van der Waals surface area contributed by atoms with Crippen molar-refractivity contribution >= 4 is 5.97 Å². The predicted molar refractivity (Wildman–Crippen MR) is 62.5 cm³/mol. The molecule has 0 radical (unpaired) electrons. The summed E-state index contributed by atoms with van der Waals surface area (Å²) < 4.78 is 5.30. The second-order valence-corrected chi connectivity index (χ2v) is 4.69. The van der Waals surface area contributed by atoms with Crippen LogP contribution >= 0.6 is 0 Å². The van der Waals surface area contributed by atoms with Crippen molar-refractivity contribution in [2.75, 3.05) is 13.7 Å². The van der Waals surface area contributed by atoms with E-state index in [-0.39, 0.29) is 18.7 Å². The van der Waals surface area contributed by atoms with E-state index in [1.807, 2.05) is 6.92 Å². The van der Waals surface area contributed by atoms with Gasteiger partial charge >= 0.3 is 5.97 Å². The maximum atomic E-state index is 10.9. The van der Waals surface area contributed by atoms with Gasteiger partial charge in [0.05, 0.1) is 12.6 Å². The fraction of sp³-hybridized carbons (Fsp3) is 0.917. The highest BCUT2D eigenvalue weighted by Crippen LogP contribution is 2.26. The predicted octanol–water partition coefficient (Wildman–Crippen LogP) is 1.74. The molecule has 0 bridgehead atoms. The minimum absolute atomic E-state index is 0.0694. The zero-order valence-electron chi connectivity index (χ0n) is 10.5. The van der Waals surface area contributed by atoms with Crippen molar-refractivity contribution in [2.24, 2.45) is 0 Å². The molecule has 1 saturated carbocycles. The molecule has 4 heteroatoms. The van der Waals surface area contributed by atoms with Gasteiger partial charge in [0.2, 0.25) is 0 Å². The van der Waals surface area contributed by atoms with Gasteiger partial charge in [0, 0.05) is 19.2 Å². The van der Waals surface area contributed by atoms with E-state index in [2.05, 4.69) is 11.8 Å². The molecule has 2 unspecified atom stereocenters. The molecule has 0 spiro atoms. The van der Waals surface area contributed by atoms with Gasteiger partial charge in [-0.1, -0.05) is 12.8 Å². The van der Waals surface area contributed by atoms with Gasteiger partial charge in [-0.25, -0.2) is 0 Å². The van der Waals surface area contributed by atoms with Gasteiger partial charge in [-0.2, -0.15) is 0 Å². The Morgan fingerprint density at radius 2 is 2.00 bits per heavy atom. The van der Waals surface area contributed by atoms with Gasteiger partial charge in [0.1, 0.15) is 0 Å². The van der Waals surface area contributed by atoms with Crippen LogP contribution in [0.15, 0.2) is 0 Å². The molecule has 1 N–H and O–H groups in total. The van der Waals surface area contributed by atoms with Gasteiger partial charge in [0.15, 0.2) is 0 Å². The van der Waals surface area contributed by atoms with Gasteiger partial charge in [-0.15, -0.1) is 0 Å². The lowest BCUT2D eigenvalue weighted by atomic mass is 10.1. The third kappa shape index (κ3) is 3.46. The number of rotatable bonds is 6. The molecule has 0 aromatic rings. The van der Waals surface area contributed by atoms with E-state index in [1.54, 1.807) is 7.11 Å². The molecule has 4 nitrogen and oxygen atoms in total. The molecule has 1 rings (SSSR count). The van der Waals surface area contributed by atoms with Crippen LogP contribution in [0.2, 0.25) is 0 Å². The van der Waals surface area contributed by atoms with Gasteiger partial charge < -0.3 is 9.84 Å². The first-order valence-electron chi connectivity index (χ1n) is 6.06. The topological polar surface area (TPSA) is 49.8 Å². The maximum Gasteiger partial charge on any atom is 0.317 e. The van der Waals surface area contributed by atoms with Crippen LogP contribution in [0.25, 0.3) is 0 Å². The van der Waals surface area contributed by atoms with Crippen LogP contribution < -0.4 is 0 Å². The Hall–Kier alpha value is -0.610. The van der Waals surface area contributed by atoms with E-state index in [9.17, 15) is 4.79 Å². The van der Waals surface area contributed by atoms with Crippen LogP contribution in [-0.4, -0.2) is 47.8 Å². The molecule has 94 valence electrons. The van der Waals surface area contributed by atoms with E-state index in [0.717, 1.165) is 12.8 Å². The van der Waals surface area contributed by atoms with Gasteiger partial charge in [0.25, 0.3) is 0 Å². The maximum absolute atomic E-state index is 10.9. The largest absolute Gasteiger partial charge is 0.480 e. The lowest BCUT2D eigenvalue weighted by Crippen LogP contribution is -2.48. The zero-order valence-corrected chi connectivity index (χ0v) is 10.5. The highest BCUT2D eigenvalue weighted by molar-refractivity contribution is 5.69. The van der Waals surface area contributed by atoms with E-state index < -0.39 is 5.97 Å². The minimum Gasteiger partial charge on any atom is -0.480 e. The molecule has 0 aromatic heterocycles. The zero-order chi connectivity index (χ0) is 12.1. The first kappa shape index (κ1) is 13.5. The van der Waals surface area contributed by atoms with E-state index in [1.165, 1.54) is 12.8 Å². The van der Waals surface area contributed by atoms with Crippen molar-refractivity contribution < 1.29 is 14.6 Å². The third-order valence-electron chi connectivity index (χ3n) is 3.69. The first-order valence-corrected chi connectivity index (χ1v) is 6.06. The summed E-state index contributed by atoms with van der Waals surface area (Å²) in [5.74, 6) is -0.748. The molecule has 0 aromatic carbocycles. The average molecular weight is 229 g/mol. The smallest absolute Gasteiger partial charge is 0.317 e. The number of carboxylic acid groups (broad SMARTS) is 1. The van der Waals surface area contributed by atoms with E-state index in [0.29, 0.717) is 6.04 Å². The molecular weight excluding hydrogens is 206 g/mol. The molecule has 2 atom stereocenters. The standard InChI is InChI=1S/C12H23NO3/c1-9(10(2)16-3)13(8-12(14)15)11-6-4-5-7-11/h9-11H,4-8H2,1-3H3,(H,14,15). The highest BCUT2D eigenvalue weighted by atomic mass is 16.5.